The minimum absolute atomic E-state index is 0.199. The highest BCUT2D eigenvalue weighted by atomic mass is 127. The molecule has 0 fully saturated rings. The number of sulfonamides is 1. The average Bonchev–Trinajstić information content (AvgIpc) is 2.83. The maximum absolute atomic E-state index is 12.7. The molecule has 0 saturated carbocycles. The molecule has 24 heavy (non-hydrogen) atoms. The van der Waals surface area contributed by atoms with Crippen molar-refractivity contribution in [2.75, 3.05) is 4.72 Å². The molecule has 2 heterocycles. The van der Waals surface area contributed by atoms with Crippen LogP contribution in [-0.2, 0) is 10.0 Å². The first-order chi connectivity index (χ1) is 11.3. The fraction of sp³-hybridized carbons (Fsp3) is 0.125. The van der Waals surface area contributed by atoms with Gasteiger partial charge in [0.2, 0.25) is 0 Å². The lowest BCUT2D eigenvalue weighted by Gasteiger charge is -2.11. The van der Waals surface area contributed by atoms with Crippen LogP contribution in [-0.4, -0.2) is 13.4 Å². The van der Waals surface area contributed by atoms with E-state index in [9.17, 15) is 13.7 Å². The Hall–Kier alpha value is -1.70. The van der Waals surface area contributed by atoms with Gasteiger partial charge in [0, 0.05) is 14.7 Å². The maximum atomic E-state index is 12.7. The van der Waals surface area contributed by atoms with Crippen molar-refractivity contribution < 1.29 is 8.42 Å². The van der Waals surface area contributed by atoms with Gasteiger partial charge in [-0.1, -0.05) is 6.07 Å². The van der Waals surface area contributed by atoms with Crippen LogP contribution in [0.1, 0.15) is 16.1 Å². The third kappa shape index (κ3) is 3.11. The van der Waals surface area contributed by atoms with Crippen LogP contribution in [0.4, 0.5) is 5.69 Å². The quantitative estimate of drug-likeness (QED) is 0.584. The zero-order valence-corrected chi connectivity index (χ0v) is 16.6. The van der Waals surface area contributed by atoms with E-state index < -0.39 is 10.0 Å². The first-order valence-electron chi connectivity index (χ1n) is 6.91. The number of hydrogen-bond acceptors (Lipinski definition) is 5. The number of aromatic nitrogens is 1. The second-order valence-corrected chi connectivity index (χ2v) is 9.15. The smallest absolute Gasteiger partial charge is 0.261 e. The summed E-state index contributed by atoms with van der Waals surface area (Å²) >= 11 is 3.34. The molecule has 0 radical (unpaired) electrons. The van der Waals surface area contributed by atoms with E-state index in [4.69, 9.17) is 0 Å². The van der Waals surface area contributed by atoms with E-state index in [-0.39, 0.29) is 4.90 Å². The normalized spacial score (nSPS) is 11.4. The largest absolute Gasteiger partial charge is 0.279 e. The monoisotopic (exact) mass is 469 g/mol. The minimum atomic E-state index is -3.72. The van der Waals surface area contributed by atoms with Crippen molar-refractivity contribution in [2.24, 2.45) is 0 Å². The van der Waals surface area contributed by atoms with Gasteiger partial charge in [-0.05, 0) is 66.3 Å². The van der Waals surface area contributed by atoms with Gasteiger partial charge >= 0.3 is 0 Å². The van der Waals surface area contributed by atoms with Crippen molar-refractivity contribution in [3.8, 4) is 6.07 Å². The number of rotatable bonds is 3. The number of nitrogens with zero attached hydrogens (tertiary/aromatic N) is 2. The average molecular weight is 469 g/mol. The van der Waals surface area contributed by atoms with Crippen LogP contribution in [0.15, 0.2) is 35.2 Å². The van der Waals surface area contributed by atoms with Crippen molar-refractivity contribution in [3.63, 3.8) is 0 Å². The van der Waals surface area contributed by atoms with Crippen LogP contribution in [0.25, 0.3) is 10.2 Å². The molecule has 122 valence electrons. The Kier molecular flexibility index (Phi) is 4.50. The predicted octanol–water partition coefficient (Wildman–Crippen LogP) is 4.19. The van der Waals surface area contributed by atoms with Gasteiger partial charge in [0.1, 0.15) is 15.8 Å². The molecule has 0 aliphatic carbocycles. The van der Waals surface area contributed by atoms with Gasteiger partial charge in [0.15, 0.2) is 0 Å². The number of benzene rings is 1. The second-order valence-electron chi connectivity index (χ2n) is 5.22. The predicted molar refractivity (Wildman–Crippen MR) is 104 cm³/mol. The summed E-state index contributed by atoms with van der Waals surface area (Å²) in [5.74, 6) is 0. The number of halogens is 1. The number of anilines is 1. The van der Waals surface area contributed by atoms with Gasteiger partial charge in [0.05, 0.1) is 10.6 Å². The zero-order valence-electron chi connectivity index (χ0n) is 12.8. The summed E-state index contributed by atoms with van der Waals surface area (Å²) in [6.07, 6.45) is 0. The van der Waals surface area contributed by atoms with E-state index in [1.54, 1.807) is 38.1 Å². The fourth-order valence-corrected chi connectivity index (χ4v) is 5.30. The summed E-state index contributed by atoms with van der Waals surface area (Å²) in [4.78, 5) is 5.81. The van der Waals surface area contributed by atoms with Crippen LogP contribution >= 0.6 is 33.9 Å². The zero-order chi connectivity index (χ0) is 17.5. The van der Waals surface area contributed by atoms with E-state index >= 15 is 0 Å². The molecule has 8 heteroatoms. The molecule has 0 aliphatic heterocycles. The van der Waals surface area contributed by atoms with Gasteiger partial charge < -0.3 is 0 Å². The Morgan fingerprint density at radius 1 is 1.29 bits per heavy atom. The number of hydrogen-bond donors (Lipinski definition) is 1. The van der Waals surface area contributed by atoms with E-state index in [0.29, 0.717) is 26.5 Å². The van der Waals surface area contributed by atoms with E-state index in [0.717, 1.165) is 9.13 Å². The Labute approximate surface area is 157 Å². The maximum Gasteiger partial charge on any atom is 0.261 e. The first-order valence-corrected chi connectivity index (χ1v) is 10.3. The van der Waals surface area contributed by atoms with Crippen LogP contribution in [0.5, 0.6) is 0 Å². The first kappa shape index (κ1) is 17.1. The summed E-state index contributed by atoms with van der Waals surface area (Å²) in [6, 6.07) is 10.5. The molecule has 0 bridgehead atoms. The summed E-state index contributed by atoms with van der Waals surface area (Å²) in [6.45, 7) is 3.60. The molecule has 0 unspecified atom stereocenters. The molecule has 5 nitrogen and oxygen atoms in total. The Morgan fingerprint density at radius 3 is 2.71 bits per heavy atom. The molecule has 3 aromatic rings. The Balaban J connectivity index is 2.17. The van der Waals surface area contributed by atoms with Crippen LogP contribution in [0.2, 0.25) is 0 Å². The molecule has 0 amide bonds. The third-order valence-corrected chi connectivity index (χ3v) is 6.61. The van der Waals surface area contributed by atoms with Gasteiger partial charge in [-0.2, -0.15) is 5.26 Å². The molecule has 0 saturated heterocycles. The number of thiophene rings is 1. The summed E-state index contributed by atoms with van der Waals surface area (Å²) in [7, 11) is -3.72. The highest BCUT2D eigenvalue weighted by molar-refractivity contribution is 14.1. The molecule has 0 spiro atoms. The van der Waals surface area contributed by atoms with Crippen LogP contribution in [0.3, 0.4) is 0 Å². The highest BCUT2D eigenvalue weighted by Crippen LogP contribution is 2.35. The molecule has 1 aromatic carbocycles. The number of fused-ring (bicyclic) bond motifs is 1. The molecular weight excluding hydrogens is 457 g/mol. The number of nitrogens with one attached hydrogen (secondary N) is 1. The van der Waals surface area contributed by atoms with Crippen molar-refractivity contribution in [2.45, 2.75) is 18.7 Å². The van der Waals surface area contributed by atoms with Crippen molar-refractivity contribution in [1.82, 2.24) is 4.98 Å². The highest BCUT2D eigenvalue weighted by Gasteiger charge is 2.20. The number of pyridine rings is 1. The van der Waals surface area contributed by atoms with E-state index in [1.165, 1.54) is 11.3 Å². The van der Waals surface area contributed by atoms with Crippen LogP contribution < -0.4 is 4.72 Å². The van der Waals surface area contributed by atoms with Crippen molar-refractivity contribution >= 4 is 59.9 Å². The van der Waals surface area contributed by atoms with Crippen LogP contribution in [0, 0.1) is 28.7 Å². The number of aryl methyl sites for hydroxylation is 2. The Morgan fingerprint density at radius 2 is 2.04 bits per heavy atom. The molecule has 0 aliphatic rings. The molecule has 1 N–H and O–H groups in total. The van der Waals surface area contributed by atoms with E-state index in [1.807, 2.05) is 6.07 Å². The topological polar surface area (TPSA) is 82.9 Å². The molecule has 0 atom stereocenters. The van der Waals surface area contributed by atoms with E-state index in [2.05, 4.69) is 38.4 Å². The fourth-order valence-electron chi connectivity index (χ4n) is 2.39. The summed E-state index contributed by atoms with van der Waals surface area (Å²) in [5.41, 5.74) is 1.88. The standard InChI is InChI=1S/C16H12IN3O2S2/c1-9-6-13(15-10(2)14(8-18)23-16(15)19-9)20-24(21,22)12-5-3-4-11(17)7-12/h3-7H,1-2H3,(H,19,20). The summed E-state index contributed by atoms with van der Waals surface area (Å²) < 4.78 is 28.9. The van der Waals surface area contributed by atoms with Crippen molar-refractivity contribution in [3.05, 3.63) is 50.0 Å². The SMILES string of the molecule is Cc1cc(NS(=O)(=O)c2cccc(I)c2)c2c(C)c(C#N)sc2n1. The third-order valence-electron chi connectivity index (χ3n) is 3.48. The molecule has 2 aromatic heterocycles. The minimum Gasteiger partial charge on any atom is -0.279 e. The van der Waals surface area contributed by atoms with Gasteiger partial charge in [0.25, 0.3) is 10.0 Å². The lowest BCUT2D eigenvalue weighted by atomic mass is 10.1. The molecule has 3 rings (SSSR count). The summed E-state index contributed by atoms with van der Waals surface area (Å²) in [5, 5.41) is 9.89. The van der Waals surface area contributed by atoms with Gasteiger partial charge in [-0.25, -0.2) is 13.4 Å². The second kappa shape index (κ2) is 6.31. The van der Waals surface area contributed by atoms with Gasteiger partial charge in [-0.15, -0.1) is 11.3 Å². The molecular formula is C16H12IN3O2S2. The number of nitriles is 1. The Bertz CT molecular complexity index is 1100. The van der Waals surface area contributed by atoms with Crippen molar-refractivity contribution in [1.29, 1.82) is 5.26 Å². The van der Waals surface area contributed by atoms with Gasteiger partial charge in [-0.3, -0.25) is 4.72 Å². The lowest BCUT2D eigenvalue weighted by molar-refractivity contribution is 0.601. The lowest BCUT2D eigenvalue weighted by Crippen LogP contribution is -2.13.